The molecule has 0 radical (unpaired) electrons. The van der Waals surface area contributed by atoms with Crippen LogP contribution < -0.4 is 15.4 Å². The second-order valence-corrected chi connectivity index (χ2v) is 10.1. The van der Waals surface area contributed by atoms with Gasteiger partial charge in [-0.3, -0.25) is 19.9 Å². The van der Waals surface area contributed by atoms with Crippen LogP contribution in [-0.2, 0) is 11.3 Å². The molecule has 8 heteroatoms. The van der Waals surface area contributed by atoms with Crippen LogP contribution in [0.3, 0.4) is 0 Å². The first kappa shape index (κ1) is 24.7. The molecule has 1 atom stereocenters. The molecule has 2 aliphatic heterocycles. The highest BCUT2D eigenvalue weighted by Crippen LogP contribution is 2.40. The molecule has 0 aliphatic carbocycles. The topological polar surface area (TPSA) is 94.5 Å². The Morgan fingerprint density at radius 3 is 2.63 bits per heavy atom. The molecule has 4 rings (SSSR count). The van der Waals surface area contributed by atoms with Crippen molar-refractivity contribution in [1.82, 2.24) is 15.5 Å². The van der Waals surface area contributed by atoms with Gasteiger partial charge in [0.15, 0.2) is 5.96 Å². The number of amides is 2. The number of guanidine groups is 1. The van der Waals surface area contributed by atoms with E-state index in [2.05, 4.69) is 10.6 Å². The Bertz CT molecular complexity index is 1140. The van der Waals surface area contributed by atoms with E-state index in [1.165, 1.54) is 11.0 Å². The second-order valence-electron chi connectivity index (χ2n) is 10.1. The van der Waals surface area contributed by atoms with E-state index in [4.69, 9.17) is 10.1 Å². The zero-order valence-corrected chi connectivity index (χ0v) is 20.7. The van der Waals surface area contributed by atoms with Crippen LogP contribution in [0.5, 0.6) is 5.75 Å². The first-order valence-corrected chi connectivity index (χ1v) is 12.1. The third-order valence-electron chi connectivity index (χ3n) is 7.08. The van der Waals surface area contributed by atoms with E-state index in [0.29, 0.717) is 29.7 Å². The monoisotopic (exact) mass is 480 g/mol. The average Bonchev–Trinajstić information content (AvgIpc) is 2.80. The molecule has 3 N–H and O–H groups in total. The van der Waals surface area contributed by atoms with Crippen LogP contribution >= 0.6 is 0 Å². The van der Waals surface area contributed by atoms with E-state index in [0.717, 1.165) is 18.4 Å². The fraction of sp³-hybridized carbons (Fsp3) is 0.444. The number of hydrogen-bond donors (Lipinski definition) is 3. The molecule has 0 unspecified atom stereocenters. The lowest BCUT2D eigenvalue weighted by Gasteiger charge is -2.42. The molecule has 186 valence electrons. The first-order valence-electron chi connectivity index (χ1n) is 12.1. The third kappa shape index (κ3) is 5.01. The zero-order valence-electron chi connectivity index (χ0n) is 20.7. The van der Waals surface area contributed by atoms with E-state index in [-0.39, 0.29) is 29.9 Å². The summed E-state index contributed by atoms with van der Waals surface area (Å²) in [5.41, 5.74) is 0.552. The number of rotatable bonds is 6. The summed E-state index contributed by atoms with van der Waals surface area (Å²) in [4.78, 5) is 27.4. The van der Waals surface area contributed by atoms with Gasteiger partial charge in [-0.25, -0.2) is 4.39 Å². The molecule has 35 heavy (non-hydrogen) atoms. The molecule has 0 bridgehead atoms. The second kappa shape index (κ2) is 9.32. The summed E-state index contributed by atoms with van der Waals surface area (Å²) in [5.74, 6) is -0.342. The maximum atomic E-state index is 14.6. The Labute approximate surface area is 205 Å². The molecule has 0 spiro atoms. The van der Waals surface area contributed by atoms with Crippen LogP contribution in [0.1, 0.15) is 80.9 Å². The molecule has 0 saturated carbocycles. The number of halogens is 1. The Balaban J connectivity index is 1.51. The number of nitrogens with one attached hydrogen (secondary N) is 3. The Kier molecular flexibility index (Phi) is 6.58. The molecule has 2 aromatic rings. The largest absolute Gasteiger partial charge is 0.487 e. The van der Waals surface area contributed by atoms with Gasteiger partial charge in [0.25, 0.3) is 5.91 Å². The molecular formula is C27H33FN4O3. The van der Waals surface area contributed by atoms with Crippen LogP contribution in [0.25, 0.3) is 0 Å². The molecule has 2 aromatic carbocycles. The van der Waals surface area contributed by atoms with E-state index in [9.17, 15) is 14.0 Å². The van der Waals surface area contributed by atoms with E-state index >= 15 is 0 Å². The highest BCUT2D eigenvalue weighted by molar-refractivity contribution is 5.99. The maximum absolute atomic E-state index is 14.6. The molecule has 0 aromatic heterocycles. The lowest BCUT2D eigenvalue weighted by molar-refractivity contribution is -0.131. The van der Waals surface area contributed by atoms with Gasteiger partial charge >= 0.3 is 0 Å². The smallest absolute Gasteiger partial charge is 0.251 e. The quantitative estimate of drug-likeness (QED) is 0.560. The Morgan fingerprint density at radius 2 is 1.94 bits per heavy atom. The molecule has 2 heterocycles. The SMILES string of the molecule is CCC1(CC)CC(=O)N(Cc2cccc(C(=O)N[C@@H]3CC(C)(C)Oc4cccc(F)c43)c2)C(=N)N1. The average molecular weight is 481 g/mol. The zero-order chi connectivity index (χ0) is 25.4. The van der Waals surface area contributed by atoms with Crippen LogP contribution in [0.15, 0.2) is 42.5 Å². The molecule has 1 saturated heterocycles. The van der Waals surface area contributed by atoms with E-state index in [1.54, 1.807) is 30.3 Å². The molecule has 2 amide bonds. The lowest BCUT2D eigenvalue weighted by atomic mass is 9.87. The minimum Gasteiger partial charge on any atom is -0.487 e. The number of carbonyl (C=O) groups is 2. The molecule has 1 fully saturated rings. The van der Waals surface area contributed by atoms with Crippen molar-refractivity contribution in [2.75, 3.05) is 0 Å². The van der Waals surface area contributed by atoms with Gasteiger partial charge in [-0.2, -0.15) is 0 Å². The fourth-order valence-corrected chi connectivity index (χ4v) is 4.95. The van der Waals surface area contributed by atoms with Crippen molar-refractivity contribution in [2.24, 2.45) is 0 Å². The number of benzene rings is 2. The van der Waals surface area contributed by atoms with Crippen molar-refractivity contribution in [3.05, 3.63) is 65.0 Å². The predicted molar refractivity (Wildman–Crippen MR) is 132 cm³/mol. The number of carbonyl (C=O) groups excluding carboxylic acids is 2. The fourth-order valence-electron chi connectivity index (χ4n) is 4.95. The van der Waals surface area contributed by atoms with Gasteiger partial charge in [-0.05, 0) is 56.5 Å². The van der Waals surface area contributed by atoms with E-state index in [1.807, 2.05) is 33.8 Å². The summed E-state index contributed by atoms with van der Waals surface area (Å²) in [6.45, 7) is 8.03. The van der Waals surface area contributed by atoms with Crippen molar-refractivity contribution in [2.45, 2.75) is 77.1 Å². The van der Waals surface area contributed by atoms with Crippen LogP contribution in [0, 0.1) is 11.2 Å². The molecular weight excluding hydrogens is 447 g/mol. The lowest BCUT2D eigenvalue weighted by Crippen LogP contribution is -2.61. The van der Waals surface area contributed by atoms with Crippen LogP contribution in [-0.4, -0.2) is 33.8 Å². The number of ether oxygens (including phenoxy) is 1. The summed E-state index contributed by atoms with van der Waals surface area (Å²) >= 11 is 0. The van der Waals surface area contributed by atoms with Crippen molar-refractivity contribution >= 4 is 17.8 Å². The molecule has 7 nitrogen and oxygen atoms in total. The summed E-state index contributed by atoms with van der Waals surface area (Å²) in [6.07, 6.45) is 2.27. The van der Waals surface area contributed by atoms with E-state index < -0.39 is 17.5 Å². The van der Waals surface area contributed by atoms with Gasteiger partial charge in [0.05, 0.1) is 24.6 Å². The first-order chi connectivity index (χ1) is 16.6. The summed E-state index contributed by atoms with van der Waals surface area (Å²) in [5, 5.41) is 14.6. The van der Waals surface area contributed by atoms with Crippen LogP contribution in [0.2, 0.25) is 0 Å². The normalized spacial score (nSPS) is 20.5. The number of fused-ring (bicyclic) bond motifs is 1. The highest BCUT2D eigenvalue weighted by Gasteiger charge is 2.39. The Morgan fingerprint density at radius 1 is 1.23 bits per heavy atom. The predicted octanol–water partition coefficient (Wildman–Crippen LogP) is 4.67. The van der Waals surface area contributed by atoms with Gasteiger partial charge in [0, 0.05) is 17.5 Å². The Hall–Kier alpha value is -3.42. The molecule has 2 aliphatic rings. The maximum Gasteiger partial charge on any atom is 0.251 e. The van der Waals surface area contributed by atoms with Gasteiger partial charge in [-0.1, -0.05) is 32.0 Å². The van der Waals surface area contributed by atoms with Crippen LogP contribution in [0.4, 0.5) is 4.39 Å². The highest BCUT2D eigenvalue weighted by atomic mass is 19.1. The standard InChI is InChI=1S/C27H33FN4O3/c1-5-27(6-2)15-22(33)32(25(29)31-27)16-17-9-7-10-18(13-17)24(34)30-20-14-26(3,4)35-21-12-8-11-19(28)23(20)21/h7-13,20H,5-6,14-16H2,1-4H3,(H2,29,31)(H,30,34)/t20-/m1/s1. The summed E-state index contributed by atoms with van der Waals surface area (Å²) in [6, 6.07) is 11.1. The van der Waals surface area contributed by atoms with Gasteiger partial charge in [0.1, 0.15) is 17.2 Å². The van der Waals surface area contributed by atoms with Gasteiger partial charge in [-0.15, -0.1) is 0 Å². The minimum atomic E-state index is -0.561. The van der Waals surface area contributed by atoms with Crippen molar-refractivity contribution in [1.29, 1.82) is 5.41 Å². The summed E-state index contributed by atoms with van der Waals surface area (Å²) in [7, 11) is 0. The minimum absolute atomic E-state index is 0.0799. The number of nitrogens with zero attached hydrogens (tertiary/aromatic N) is 1. The van der Waals surface area contributed by atoms with Crippen molar-refractivity contribution in [3.63, 3.8) is 0 Å². The van der Waals surface area contributed by atoms with Gasteiger partial charge in [0.2, 0.25) is 5.91 Å². The van der Waals surface area contributed by atoms with Gasteiger partial charge < -0.3 is 15.4 Å². The summed E-state index contributed by atoms with van der Waals surface area (Å²) < 4.78 is 20.6. The van der Waals surface area contributed by atoms with Crippen molar-refractivity contribution < 1.29 is 18.7 Å². The van der Waals surface area contributed by atoms with Crippen molar-refractivity contribution in [3.8, 4) is 5.75 Å². The third-order valence-corrected chi connectivity index (χ3v) is 7.08. The number of hydrogen-bond acceptors (Lipinski definition) is 4.